The molecule has 1 heterocycles. The highest BCUT2D eigenvalue weighted by Crippen LogP contribution is 2.45. The molecule has 8 heteroatoms. The Morgan fingerprint density at radius 3 is 1.93 bits per heavy atom. The number of rotatable bonds is 0. The first-order valence-corrected chi connectivity index (χ1v) is 5.39. The lowest BCUT2D eigenvalue weighted by atomic mass is 10.3. The second kappa shape index (κ2) is 4.28. The van der Waals surface area contributed by atoms with E-state index in [-0.39, 0.29) is 26.6 Å². The van der Waals surface area contributed by atoms with E-state index in [1.807, 2.05) is 0 Å². The summed E-state index contributed by atoms with van der Waals surface area (Å²) in [4.78, 5) is 3.73. The molecule has 0 aliphatic heterocycles. The zero-order chi connectivity index (χ0) is 11.1. The number of anilines is 1. The van der Waals surface area contributed by atoms with E-state index in [4.69, 9.17) is 75.3 Å². The van der Waals surface area contributed by atoms with E-state index in [1.54, 1.807) is 0 Å². The summed E-state index contributed by atoms with van der Waals surface area (Å²) in [6.45, 7) is 0. The van der Waals surface area contributed by atoms with Gasteiger partial charge < -0.3 is 5.73 Å². The summed E-state index contributed by atoms with van der Waals surface area (Å²) in [6, 6.07) is 0. The van der Waals surface area contributed by atoms with Crippen molar-refractivity contribution in [3.05, 3.63) is 20.9 Å². The quantitative estimate of drug-likeness (QED) is 0.567. The Bertz CT molecular complexity index is 372. The van der Waals surface area contributed by atoms with Crippen LogP contribution in [-0.4, -0.2) is 4.98 Å². The average Bonchev–Trinajstić information content (AvgIpc) is 2.06. The number of nitrogens with two attached hydrogens (primary N) is 1. The van der Waals surface area contributed by atoms with E-state index in [1.165, 1.54) is 0 Å². The zero-order valence-electron chi connectivity index (χ0n) is 6.29. The minimum absolute atomic E-state index is 0.0144. The molecule has 14 heavy (non-hydrogen) atoms. The number of halogens is 6. The van der Waals surface area contributed by atoms with Crippen LogP contribution in [0.1, 0.15) is 5.69 Å². The number of aromatic nitrogens is 1. The van der Waals surface area contributed by atoms with E-state index < -0.39 is 3.79 Å². The second-order valence-corrected chi connectivity index (χ2v) is 5.69. The van der Waals surface area contributed by atoms with Gasteiger partial charge in [-0.15, -0.1) is 0 Å². The van der Waals surface area contributed by atoms with Crippen LogP contribution in [0.2, 0.25) is 15.2 Å². The first-order chi connectivity index (χ1) is 6.25. The number of hydrogen-bond donors (Lipinski definition) is 1. The monoisotopic (exact) mass is 312 g/mol. The molecule has 0 aliphatic rings. The standard InChI is InChI=1S/C6H2Cl6N2/c7-1-3(13)2(8)5(9)14-4(1)6(10,11)12/h(H2,13,14). The van der Waals surface area contributed by atoms with Crippen molar-refractivity contribution in [1.82, 2.24) is 4.98 Å². The van der Waals surface area contributed by atoms with Gasteiger partial charge in [-0.25, -0.2) is 4.98 Å². The maximum absolute atomic E-state index is 5.77. The molecule has 1 aromatic rings. The summed E-state index contributed by atoms with van der Waals surface area (Å²) in [5.41, 5.74) is 5.51. The third kappa shape index (κ3) is 2.43. The topological polar surface area (TPSA) is 38.9 Å². The van der Waals surface area contributed by atoms with Crippen LogP contribution in [-0.2, 0) is 3.79 Å². The average molecular weight is 315 g/mol. The van der Waals surface area contributed by atoms with Crippen molar-refractivity contribution in [3.63, 3.8) is 0 Å². The molecule has 78 valence electrons. The van der Waals surface area contributed by atoms with Gasteiger partial charge in [-0.2, -0.15) is 0 Å². The number of pyridine rings is 1. The molecule has 0 saturated heterocycles. The third-order valence-corrected chi connectivity index (χ3v) is 3.01. The van der Waals surface area contributed by atoms with Gasteiger partial charge >= 0.3 is 0 Å². The first kappa shape index (κ1) is 12.8. The molecule has 0 unspecified atom stereocenters. The Hall–Kier alpha value is 0.690. The van der Waals surface area contributed by atoms with Crippen LogP contribution < -0.4 is 5.73 Å². The van der Waals surface area contributed by atoms with Crippen molar-refractivity contribution < 1.29 is 0 Å². The van der Waals surface area contributed by atoms with Gasteiger partial charge in [0.25, 0.3) is 0 Å². The summed E-state index contributed by atoms with van der Waals surface area (Å²) >= 11 is 33.8. The van der Waals surface area contributed by atoms with Crippen LogP contribution in [0.4, 0.5) is 5.69 Å². The Morgan fingerprint density at radius 2 is 1.50 bits per heavy atom. The van der Waals surface area contributed by atoms with E-state index in [9.17, 15) is 0 Å². The highest BCUT2D eigenvalue weighted by molar-refractivity contribution is 6.67. The smallest absolute Gasteiger partial charge is 0.234 e. The molecule has 0 saturated carbocycles. The molecular formula is C6H2Cl6N2. The molecule has 2 N–H and O–H groups in total. The Labute approximate surface area is 110 Å². The highest BCUT2D eigenvalue weighted by Gasteiger charge is 2.30. The fraction of sp³-hybridized carbons (Fsp3) is 0.167. The van der Waals surface area contributed by atoms with E-state index >= 15 is 0 Å². The van der Waals surface area contributed by atoms with Gasteiger partial charge in [0.05, 0.1) is 10.7 Å². The fourth-order valence-corrected chi connectivity index (χ4v) is 1.92. The second-order valence-electron chi connectivity index (χ2n) is 2.29. The molecule has 1 rings (SSSR count). The molecule has 0 spiro atoms. The maximum atomic E-state index is 5.77. The van der Waals surface area contributed by atoms with E-state index in [0.717, 1.165) is 0 Å². The van der Waals surface area contributed by atoms with Crippen LogP contribution in [0, 0.1) is 0 Å². The maximum Gasteiger partial charge on any atom is 0.234 e. The van der Waals surface area contributed by atoms with Crippen molar-refractivity contribution >= 4 is 75.3 Å². The minimum atomic E-state index is -1.79. The number of nitrogen functional groups attached to an aromatic ring is 1. The summed E-state index contributed by atoms with van der Waals surface area (Å²) in [5, 5.41) is -0.0380. The summed E-state index contributed by atoms with van der Waals surface area (Å²) in [6.07, 6.45) is 0. The fourth-order valence-electron chi connectivity index (χ4n) is 0.719. The molecule has 2 nitrogen and oxygen atoms in total. The molecule has 1 aromatic heterocycles. The first-order valence-electron chi connectivity index (χ1n) is 3.12. The van der Waals surface area contributed by atoms with Gasteiger partial charge in [-0.05, 0) is 0 Å². The summed E-state index contributed by atoms with van der Waals surface area (Å²) in [7, 11) is 0. The molecule has 0 atom stereocenters. The van der Waals surface area contributed by atoms with Crippen LogP contribution in [0.5, 0.6) is 0 Å². The normalized spacial score (nSPS) is 11.9. The van der Waals surface area contributed by atoms with Gasteiger partial charge in [0, 0.05) is 0 Å². The Kier molecular flexibility index (Phi) is 3.90. The molecule has 0 amide bonds. The van der Waals surface area contributed by atoms with E-state index in [2.05, 4.69) is 4.98 Å². The predicted octanol–water partition coefficient (Wildman–Crippen LogP) is 4.45. The predicted molar refractivity (Wildman–Crippen MR) is 62.9 cm³/mol. The molecule has 0 fully saturated rings. The van der Waals surface area contributed by atoms with Gasteiger partial charge in [0.15, 0.2) is 0 Å². The van der Waals surface area contributed by atoms with Gasteiger partial charge in [0.1, 0.15) is 15.9 Å². The van der Waals surface area contributed by atoms with E-state index in [0.29, 0.717) is 0 Å². The van der Waals surface area contributed by atoms with Crippen molar-refractivity contribution in [1.29, 1.82) is 0 Å². The Balaban J connectivity index is 3.49. The van der Waals surface area contributed by atoms with Crippen LogP contribution in [0.3, 0.4) is 0 Å². The van der Waals surface area contributed by atoms with Crippen LogP contribution in [0.15, 0.2) is 0 Å². The molecule has 0 radical (unpaired) electrons. The van der Waals surface area contributed by atoms with Crippen molar-refractivity contribution in [2.75, 3.05) is 5.73 Å². The number of hydrogen-bond acceptors (Lipinski definition) is 2. The van der Waals surface area contributed by atoms with Gasteiger partial charge in [0.2, 0.25) is 3.79 Å². The highest BCUT2D eigenvalue weighted by atomic mass is 35.6. The lowest BCUT2D eigenvalue weighted by Gasteiger charge is -2.14. The van der Waals surface area contributed by atoms with Gasteiger partial charge in [-0.3, -0.25) is 0 Å². The molecule has 0 aliphatic carbocycles. The molecule has 0 bridgehead atoms. The molecule has 0 aromatic carbocycles. The lowest BCUT2D eigenvalue weighted by molar-refractivity contribution is 1.09. The van der Waals surface area contributed by atoms with Crippen LogP contribution in [0.25, 0.3) is 0 Å². The minimum Gasteiger partial charge on any atom is -0.396 e. The van der Waals surface area contributed by atoms with Crippen molar-refractivity contribution in [2.45, 2.75) is 3.79 Å². The third-order valence-electron chi connectivity index (χ3n) is 1.34. The number of nitrogens with zero attached hydrogens (tertiary/aromatic N) is 1. The zero-order valence-corrected chi connectivity index (χ0v) is 10.8. The lowest BCUT2D eigenvalue weighted by Crippen LogP contribution is -2.07. The molecular weight excluding hydrogens is 313 g/mol. The van der Waals surface area contributed by atoms with Gasteiger partial charge in [-0.1, -0.05) is 69.6 Å². The Morgan fingerprint density at radius 1 is 1.00 bits per heavy atom. The number of alkyl halides is 3. The SMILES string of the molecule is Nc1c(Cl)c(Cl)nc(C(Cl)(Cl)Cl)c1Cl. The summed E-state index contributed by atoms with van der Waals surface area (Å²) in [5.74, 6) is 0. The van der Waals surface area contributed by atoms with Crippen molar-refractivity contribution in [3.8, 4) is 0 Å². The summed E-state index contributed by atoms with van der Waals surface area (Å²) < 4.78 is -1.79. The van der Waals surface area contributed by atoms with Crippen LogP contribution >= 0.6 is 69.6 Å². The largest absolute Gasteiger partial charge is 0.396 e. The van der Waals surface area contributed by atoms with Crippen molar-refractivity contribution in [2.24, 2.45) is 0 Å².